The molecule has 0 bridgehead atoms. The highest BCUT2D eigenvalue weighted by Crippen LogP contribution is 2.33. The number of aldehydes is 3. The molecular weight excluding hydrogens is 628 g/mol. The van der Waals surface area contributed by atoms with E-state index >= 15 is 0 Å². The van der Waals surface area contributed by atoms with Crippen molar-refractivity contribution in [3.05, 3.63) is 106 Å². The number of aliphatic hydroxyl groups excluding tert-OH is 1. The molecule has 0 spiro atoms. The number of hydrogen-bond acceptors (Lipinski definition) is 10. The molecule has 10 nitrogen and oxygen atoms in total. The molecule has 4 aromatic rings. The molecule has 1 N–H and O–H groups in total. The minimum Gasteiger partial charge on any atom is -0.496 e. The number of carbonyl (C=O) groups is 3. The van der Waals surface area contributed by atoms with Gasteiger partial charge in [-0.25, -0.2) is 0 Å². The fraction of sp³-hybridized carbons (Fsp3) is 0.250. The second-order valence-corrected chi connectivity index (χ2v) is 10.1. The summed E-state index contributed by atoms with van der Waals surface area (Å²) in [6.07, 6.45) is -0.202. The van der Waals surface area contributed by atoms with Crippen molar-refractivity contribution in [3.8, 4) is 34.5 Å². The van der Waals surface area contributed by atoms with Crippen molar-refractivity contribution < 1.29 is 47.9 Å². The predicted molar refractivity (Wildman–Crippen MR) is 179 cm³/mol. The summed E-state index contributed by atoms with van der Waals surface area (Å²) in [6, 6.07) is 20.5. The molecule has 0 aliphatic heterocycles. The van der Waals surface area contributed by atoms with E-state index in [1.165, 1.54) is 21.3 Å². The molecule has 0 aliphatic rings. The Kier molecular flexibility index (Phi) is 15.8. The van der Waals surface area contributed by atoms with Gasteiger partial charge in [0.2, 0.25) is 0 Å². The second-order valence-electron chi connectivity index (χ2n) is 9.74. The highest BCUT2D eigenvalue weighted by molar-refractivity contribution is 6.33. The number of aryl methyl sites for hydroxylation is 2. The molecule has 0 fully saturated rings. The summed E-state index contributed by atoms with van der Waals surface area (Å²) in [5.74, 6) is 3.27. The lowest BCUT2D eigenvalue weighted by molar-refractivity contribution is -0.118. The number of methoxy groups -OCH3 is 5. The number of rotatable bonds is 12. The largest absolute Gasteiger partial charge is 0.496 e. The topological polar surface area (TPSA) is 127 Å². The summed E-state index contributed by atoms with van der Waals surface area (Å²) in [5.41, 5.74) is 3.54. The van der Waals surface area contributed by atoms with Gasteiger partial charge < -0.3 is 33.5 Å². The maximum Gasteiger partial charge on any atom is 0.184 e. The maximum absolute atomic E-state index is 11.4. The van der Waals surface area contributed by atoms with Crippen LogP contribution < -0.4 is 28.4 Å². The van der Waals surface area contributed by atoms with Gasteiger partial charge in [-0.2, -0.15) is 0 Å². The molecule has 47 heavy (non-hydrogen) atoms. The molecular formula is C36H39ClO10. The lowest BCUT2D eigenvalue weighted by Gasteiger charge is -2.21. The van der Waals surface area contributed by atoms with E-state index in [4.69, 9.17) is 40.0 Å². The fourth-order valence-corrected chi connectivity index (χ4v) is 4.41. The Morgan fingerprint density at radius 2 is 1.19 bits per heavy atom. The maximum atomic E-state index is 11.4. The van der Waals surface area contributed by atoms with Crippen LogP contribution in [-0.2, 0) is 4.79 Å². The van der Waals surface area contributed by atoms with Crippen molar-refractivity contribution in [2.45, 2.75) is 26.1 Å². The molecule has 2 unspecified atom stereocenters. The molecule has 0 saturated heterocycles. The minimum atomic E-state index is -1.17. The minimum absolute atomic E-state index is 0.372. The van der Waals surface area contributed by atoms with Gasteiger partial charge in [0.25, 0.3) is 0 Å². The molecule has 0 aliphatic carbocycles. The van der Waals surface area contributed by atoms with Crippen molar-refractivity contribution in [2.24, 2.45) is 0 Å². The van der Waals surface area contributed by atoms with Gasteiger partial charge in [0.1, 0.15) is 23.9 Å². The third-order valence-electron chi connectivity index (χ3n) is 6.74. The molecule has 2 atom stereocenters. The summed E-state index contributed by atoms with van der Waals surface area (Å²) in [6.45, 7) is 3.81. The van der Waals surface area contributed by atoms with Crippen molar-refractivity contribution in [2.75, 3.05) is 35.5 Å². The van der Waals surface area contributed by atoms with Gasteiger partial charge in [-0.05, 0) is 73.0 Å². The van der Waals surface area contributed by atoms with E-state index in [1.54, 1.807) is 80.9 Å². The van der Waals surface area contributed by atoms with Gasteiger partial charge in [0.05, 0.1) is 40.6 Å². The third-order valence-corrected chi connectivity index (χ3v) is 7.06. The number of benzene rings is 4. The van der Waals surface area contributed by atoms with Crippen LogP contribution in [0.3, 0.4) is 0 Å². The van der Waals surface area contributed by atoms with Crippen molar-refractivity contribution in [1.82, 2.24) is 0 Å². The van der Waals surface area contributed by atoms with Gasteiger partial charge in [-0.15, -0.1) is 0 Å². The standard InChI is InChI=1S/C18H20O6.C9H9ClO2.C9H10O2/c1-21-13-6-4-5-7-15(13)24-17(11-19)18(20)12-8-9-14(22-2)16(10-12)23-3;1-6-3-8(10)7(5-11)4-9(6)12-2;1-7-3-4-8(6-10)5-9(7)11-2/h4-11,17-18,20H,1-3H3;3-5H,1-2H3;3-6H,1-2H3. The average molecular weight is 667 g/mol. The number of halogens is 1. The zero-order chi connectivity index (χ0) is 34.9. The molecule has 0 heterocycles. The Balaban J connectivity index is 0.000000278. The van der Waals surface area contributed by atoms with Crippen LogP contribution in [0.4, 0.5) is 0 Å². The fourth-order valence-electron chi connectivity index (χ4n) is 4.14. The van der Waals surface area contributed by atoms with E-state index in [1.807, 2.05) is 19.9 Å². The smallest absolute Gasteiger partial charge is 0.184 e. The van der Waals surface area contributed by atoms with Crippen molar-refractivity contribution >= 4 is 30.5 Å². The molecule has 0 saturated carbocycles. The summed E-state index contributed by atoms with van der Waals surface area (Å²) >= 11 is 5.77. The van der Waals surface area contributed by atoms with Crippen molar-refractivity contribution in [3.63, 3.8) is 0 Å². The van der Waals surface area contributed by atoms with Gasteiger partial charge >= 0.3 is 0 Å². The number of para-hydroxylation sites is 2. The summed E-state index contributed by atoms with van der Waals surface area (Å²) in [4.78, 5) is 32.2. The van der Waals surface area contributed by atoms with Crippen LogP contribution in [0.2, 0.25) is 5.02 Å². The quantitative estimate of drug-likeness (QED) is 0.164. The first-order chi connectivity index (χ1) is 22.6. The number of carbonyl (C=O) groups excluding carboxylic acids is 3. The Hall–Kier alpha value is -5.06. The summed E-state index contributed by atoms with van der Waals surface area (Å²) < 4.78 is 31.2. The molecule has 0 aromatic heterocycles. The summed E-state index contributed by atoms with van der Waals surface area (Å²) in [7, 11) is 7.67. The lowest BCUT2D eigenvalue weighted by Crippen LogP contribution is -2.27. The van der Waals surface area contributed by atoms with Gasteiger partial charge in [0, 0.05) is 11.1 Å². The zero-order valence-corrected chi connectivity index (χ0v) is 28.1. The highest BCUT2D eigenvalue weighted by Gasteiger charge is 2.24. The van der Waals surface area contributed by atoms with Crippen LogP contribution in [0.25, 0.3) is 0 Å². The van der Waals surface area contributed by atoms with Crippen LogP contribution in [-0.4, -0.2) is 65.6 Å². The molecule has 11 heteroatoms. The molecule has 4 aromatic carbocycles. The summed E-state index contributed by atoms with van der Waals surface area (Å²) in [5, 5.41) is 11.0. The Morgan fingerprint density at radius 3 is 1.74 bits per heavy atom. The van der Waals surface area contributed by atoms with Gasteiger partial charge in [0.15, 0.2) is 41.7 Å². The van der Waals surface area contributed by atoms with Crippen molar-refractivity contribution in [1.29, 1.82) is 0 Å². The molecule has 0 radical (unpaired) electrons. The first kappa shape index (κ1) is 38.1. The number of hydrogen-bond donors (Lipinski definition) is 1. The van der Waals surface area contributed by atoms with E-state index in [0.717, 1.165) is 23.2 Å². The molecule has 4 rings (SSSR count). The Labute approximate surface area is 279 Å². The van der Waals surface area contributed by atoms with E-state index in [2.05, 4.69) is 0 Å². The van der Waals surface area contributed by atoms with Gasteiger partial charge in [-0.3, -0.25) is 14.4 Å². The first-order valence-electron chi connectivity index (χ1n) is 14.1. The monoisotopic (exact) mass is 666 g/mol. The van der Waals surface area contributed by atoms with E-state index < -0.39 is 12.2 Å². The van der Waals surface area contributed by atoms with Gasteiger partial charge in [-0.1, -0.05) is 41.9 Å². The van der Waals surface area contributed by atoms with E-state index in [9.17, 15) is 19.5 Å². The van der Waals surface area contributed by atoms with E-state index in [0.29, 0.717) is 63.0 Å². The SMILES string of the molecule is COc1cc(C=O)c(Cl)cc1C.COc1cc(C=O)ccc1C.COc1ccc(C(O)C(C=O)Oc2ccccc2OC)cc1OC. The Bertz CT molecular complexity index is 1620. The lowest BCUT2D eigenvalue weighted by atomic mass is 10.0. The van der Waals surface area contributed by atoms with Crippen LogP contribution in [0.15, 0.2) is 72.8 Å². The molecule has 0 amide bonds. The Morgan fingerprint density at radius 1 is 0.617 bits per heavy atom. The first-order valence-corrected chi connectivity index (χ1v) is 14.5. The normalized spacial score (nSPS) is 11.2. The number of aliphatic hydroxyl groups is 1. The second kappa shape index (κ2) is 19.5. The van der Waals surface area contributed by atoms with E-state index in [-0.39, 0.29) is 0 Å². The number of ether oxygens (including phenoxy) is 6. The van der Waals surface area contributed by atoms with Crippen LogP contribution in [0, 0.1) is 13.8 Å². The molecule has 250 valence electrons. The predicted octanol–water partition coefficient (Wildman–Crippen LogP) is 6.68. The van der Waals surface area contributed by atoms with Crippen LogP contribution in [0.5, 0.6) is 34.5 Å². The van der Waals surface area contributed by atoms with Crippen LogP contribution >= 0.6 is 11.6 Å². The zero-order valence-electron chi connectivity index (χ0n) is 27.3. The average Bonchev–Trinajstić information content (AvgIpc) is 3.11. The third kappa shape index (κ3) is 10.8. The van der Waals surface area contributed by atoms with Crippen LogP contribution in [0.1, 0.15) is 43.5 Å². The highest BCUT2D eigenvalue weighted by atomic mass is 35.5.